The number of amides is 3. The van der Waals surface area contributed by atoms with E-state index in [0.717, 1.165) is 83.1 Å². The lowest BCUT2D eigenvalue weighted by Crippen LogP contribution is -2.58. The first-order valence-electron chi connectivity index (χ1n) is 25.8. The molecule has 4 unspecified atom stereocenters. The average molecular weight is 1010 g/mol. The Morgan fingerprint density at radius 1 is 1.04 bits per heavy atom. The van der Waals surface area contributed by atoms with Crippen LogP contribution in [-0.4, -0.2) is 164 Å². The average Bonchev–Trinajstić information content (AvgIpc) is 3.95. The summed E-state index contributed by atoms with van der Waals surface area (Å²) in [7, 11) is 11.1. The zero-order valence-electron chi connectivity index (χ0n) is 45.3. The van der Waals surface area contributed by atoms with E-state index in [4.69, 9.17) is 19.2 Å². The predicted octanol–water partition coefficient (Wildman–Crippen LogP) is 6.13. The number of aromatic hydroxyl groups is 1. The van der Waals surface area contributed by atoms with Crippen LogP contribution >= 0.6 is 0 Å². The van der Waals surface area contributed by atoms with Crippen LogP contribution in [0.5, 0.6) is 5.75 Å². The first-order chi connectivity index (χ1) is 34.8. The molecule has 396 valence electrons. The zero-order chi connectivity index (χ0) is 53.2. The summed E-state index contributed by atoms with van der Waals surface area (Å²) >= 11 is 0. The van der Waals surface area contributed by atoms with Gasteiger partial charge in [0.05, 0.1) is 43.4 Å². The Kier molecular flexibility index (Phi) is 19.4. The van der Waals surface area contributed by atoms with E-state index in [1.165, 1.54) is 5.56 Å². The molecule has 16 heteroatoms. The van der Waals surface area contributed by atoms with Gasteiger partial charge in [0.25, 0.3) is 11.8 Å². The van der Waals surface area contributed by atoms with Crippen molar-refractivity contribution in [3.05, 3.63) is 71.5 Å². The Bertz CT molecular complexity index is 2610. The van der Waals surface area contributed by atoms with E-state index in [0.29, 0.717) is 46.0 Å². The highest BCUT2D eigenvalue weighted by Crippen LogP contribution is 2.42. The molecule has 5 heterocycles. The SMILES string of the molecule is CCn1c(-c2cccnc2C(C)OC)c(CC(C)(C)COC)c2cc(-c3cc(O)cc(CC(NC(=O)C(C(C)C)N(C)C)C(=O)N4CCCCN4)c3)ccc21.CN(C)C1(C#CC(=O)N2CCC(C=O)C2)COC1. The molecule has 4 aromatic rings. The van der Waals surface area contributed by atoms with Gasteiger partial charge in [-0.05, 0) is 144 Å². The minimum absolute atomic E-state index is 0.0226. The van der Waals surface area contributed by atoms with Crippen molar-refractivity contribution in [1.29, 1.82) is 0 Å². The van der Waals surface area contributed by atoms with Crippen LogP contribution in [0, 0.1) is 29.1 Å². The smallest absolute Gasteiger partial charge is 0.298 e. The van der Waals surface area contributed by atoms with Crippen molar-refractivity contribution >= 4 is 34.9 Å². The van der Waals surface area contributed by atoms with Crippen LogP contribution in [0.25, 0.3) is 33.3 Å². The van der Waals surface area contributed by atoms with Gasteiger partial charge in [-0.1, -0.05) is 45.7 Å². The molecule has 7 rings (SSSR count). The molecule has 0 bridgehead atoms. The third-order valence-corrected chi connectivity index (χ3v) is 14.4. The molecule has 3 aliphatic rings. The minimum Gasteiger partial charge on any atom is -0.508 e. The fraction of sp³-hybridized carbons (Fsp3) is 0.561. The third kappa shape index (κ3) is 13.6. The summed E-state index contributed by atoms with van der Waals surface area (Å²) < 4.78 is 19.0. The number of nitrogens with one attached hydrogen (secondary N) is 2. The number of likely N-dealkylation sites (tertiary alicyclic amines) is 1. The normalized spacial score (nSPS) is 17.9. The highest BCUT2D eigenvalue weighted by Gasteiger charge is 2.40. The van der Waals surface area contributed by atoms with E-state index >= 15 is 0 Å². The molecule has 0 radical (unpaired) electrons. The van der Waals surface area contributed by atoms with Crippen molar-refractivity contribution in [2.24, 2.45) is 17.3 Å². The molecule has 2 aromatic carbocycles. The number of aldehydes is 1. The predicted molar refractivity (Wildman–Crippen MR) is 285 cm³/mol. The number of hydrogen-bond acceptors (Lipinski definition) is 12. The molecule has 16 nitrogen and oxygen atoms in total. The van der Waals surface area contributed by atoms with Crippen LogP contribution in [0.15, 0.2) is 54.7 Å². The van der Waals surface area contributed by atoms with Crippen LogP contribution < -0.4 is 10.7 Å². The van der Waals surface area contributed by atoms with Gasteiger partial charge >= 0.3 is 0 Å². The number of fused-ring (bicyclic) bond motifs is 1. The Morgan fingerprint density at radius 3 is 2.38 bits per heavy atom. The minimum atomic E-state index is -0.824. The van der Waals surface area contributed by atoms with E-state index in [2.05, 4.69) is 72.2 Å². The fourth-order valence-corrected chi connectivity index (χ4v) is 10.3. The third-order valence-electron chi connectivity index (χ3n) is 14.4. The van der Waals surface area contributed by atoms with Gasteiger partial charge in [-0.25, -0.2) is 5.43 Å². The van der Waals surface area contributed by atoms with E-state index in [9.17, 15) is 24.3 Å². The molecular formula is C57H80N8O8. The topological polar surface area (TPSA) is 171 Å². The van der Waals surface area contributed by atoms with Gasteiger partial charge in [-0.3, -0.25) is 34.2 Å². The molecule has 4 atom stereocenters. The molecule has 3 N–H and O–H groups in total. The molecule has 3 fully saturated rings. The highest BCUT2D eigenvalue weighted by atomic mass is 16.5. The summed E-state index contributed by atoms with van der Waals surface area (Å²) in [6.45, 7) is 17.5. The number of hydrazine groups is 1. The number of aryl methyl sites for hydroxylation is 1. The number of phenolic OH excluding ortho intramolecular Hbond substituents is 1. The summed E-state index contributed by atoms with van der Waals surface area (Å²) in [4.78, 5) is 60.5. The number of hydrogen-bond donors (Lipinski definition) is 3. The summed E-state index contributed by atoms with van der Waals surface area (Å²) in [5, 5.41) is 17.0. The number of ether oxygens (including phenoxy) is 3. The number of aromatic nitrogens is 2. The van der Waals surface area contributed by atoms with Crippen LogP contribution in [-0.2, 0) is 52.8 Å². The Labute approximate surface area is 433 Å². The van der Waals surface area contributed by atoms with Crippen LogP contribution in [0.4, 0.5) is 0 Å². The van der Waals surface area contributed by atoms with Crippen molar-refractivity contribution in [3.8, 4) is 40.0 Å². The van der Waals surface area contributed by atoms with Gasteiger partial charge in [-0.15, -0.1) is 0 Å². The quantitative estimate of drug-likeness (QED) is 0.0772. The van der Waals surface area contributed by atoms with Gasteiger partial charge in [0.1, 0.15) is 23.6 Å². The first kappa shape index (κ1) is 56.6. The standard InChI is InChI=1S/C44H62N6O5.C13H18N2O3/c1-11-49-38-17-16-31(25-35(38)36(26-44(5,6)27-54-9)41(49)34-15-14-18-45-39(34)29(4)55-10)32-21-30(22-33(51)24-32)23-37(43(53)50-20-13-12-19-46-50)47-42(52)40(28(2)3)48(7)8;1-14(2)13(9-18-10-13)5-3-12(17)15-6-4-11(7-15)8-16/h14-18,21-22,24-25,28-29,37,40,46,51H,11-13,19-20,23,26-27H2,1-10H3,(H,47,52);8,11H,4,6-7,9-10H2,1-2H3. The second-order valence-electron chi connectivity index (χ2n) is 21.4. The summed E-state index contributed by atoms with van der Waals surface area (Å²) in [5.41, 5.74) is 10.6. The number of likely N-dealkylation sites (N-methyl/N-ethyl adjacent to an activating group) is 2. The summed E-state index contributed by atoms with van der Waals surface area (Å²) in [6.07, 6.45) is 6.14. The number of benzene rings is 2. The number of nitrogens with zero attached hydrogens (tertiary/aromatic N) is 6. The fourth-order valence-electron chi connectivity index (χ4n) is 10.3. The molecule has 73 heavy (non-hydrogen) atoms. The summed E-state index contributed by atoms with van der Waals surface area (Å²) in [6, 6.07) is 14.8. The Morgan fingerprint density at radius 2 is 1.79 bits per heavy atom. The van der Waals surface area contributed by atoms with Crippen molar-refractivity contribution in [1.82, 2.24) is 40.0 Å². The van der Waals surface area contributed by atoms with E-state index < -0.39 is 12.1 Å². The number of carbonyl (C=O) groups excluding carboxylic acids is 4. The van der Waals surface area contributed by atoms with Crippen LogP contribution in [0.3, 0.4) is 0 Å². The number of methoxy groups -OCH3 is 2. The van der Waals surface area contributed by atoms with Crippen LogP contribution in [0.2, 0.25) is 0 Å². The molecule has 3 saturated heterocycles. The first-order valence-corrected chi connectivity index (χ1v) is 25.8. The Hall–Kier alpha value is -5.67. The van der Waals surface area contributed by atoms with Crippen LogP contribution in [0.1, 0.15) is 83.7 Å². The summed E-state index contributed by atoms with van der Waals surface area (Å²) in [5.74, 6) is 5.25. The van der Waals surface area contributed by atoms with Crippen molar-refractivity contribution in [2.45, 2.75) is 104 Å². The van der Waals surface area contributed by atoms with Gasteiger partial charge in [0.15, 0.2) is 0 Å². The maximum Gasteiger partial charge on any atom is 0.298 e. The van der Waals surface area contributed by atoms with Gasteiger partial charge in [0, 0.05) is 81.9 Å². The molecule has 0 saturated carbocycles. The largest absolute Gasteiger partial charge is 0.508 e. The zero-order valence-corrected chi connectivity index (χ0v) is 45.3. The van der Waals surface area contributed by atoms with E-state index in [1.54, 1.807) is 36.3 Å². The number of phenols is 1. The van der Waals surface area contributed by atoms with E-state index in [1.807, 2.05) is 77.1 Å². The lowest BCUT2D eigenvalue weighted by molar-refractivity contribution is -0.141. The Balaban J connectivity index is 0.000000404. The lowest BCUT2D eigenvalue weighted by atomic mass is 9.84. The molecule has 0 spiro atoms. The number of pyridine rings is 1. The molecule has 3 amide bonds. The van der Waals surface area contributed by atoms with Gasteiger partial charge < -0.3 is 38.9 Å². The molecule has 3 aliphatic heterocycles. The van der Waals surface area contributed by atoms with Gasteiger partial charge in [-0.2, -0.15) is 0 Å². The maximum absolute atomic E-state index is 14.0. The van der Waals surface area contributed by atoms with Crippen molar-refractivity contribution < 1.29 is 38.5 Å². The lowest BCUT2D eigenvalue weighted by Gasteiger charge is -2.42. The van der Waals surface area contributed by atoms with Gasteiger partial charge in [0.2, 0.25) is 5.91 Å². The van der Waals surface area contributed by atoms with Crippen molar-refractivity contribution in [2.75, 3.05) is 88.4 Å². The molecule has 0 aliphatic carbocycles. The second-order valence-corrected chi connectivity index (χ2v) is 21.4. The van der Waals surface area contributed by atoms with Crippen molar-refractivity contribution in [3.63, 3.8) is 0 Å². The second kappa shape index (κ2) is 25.0. The number of carbonyl (C=O) groups is 4. The molecular weight excluding hydrogens is 925 g/mol. The highest BCUT2D eigenvalue weighted by molar-refractivity contribution is 5.96. The van der Waals surface area contributed by atoms with E-state index in [-0.39, 0.29) is 58.8 Å². The number of rotatable bonds is 18. The maximum atomic E-state index is 14.0. The monoisotopic (exact) mass is 1000 g/mol. The molecule has 2 aromatic heterocycles.